The van der Waals surface area contributed by atoms with Crippen molar-refractivity contribution in [3.05, 3.63) is 48.2 Å². The summed E-state index contributed by atoms with van der Waals surface area (Å²) in [7, 11) is 2.47. The van der Waals surface area contributed by atoms with E-state index in [1.807, 2.05) is 0 Å². The van der Waals surface area contributed by atoms with Crippen molar-refractivity contribution in [2.75, 3.05) is 42.2 Å². The quantitative estimate of drug-likeness (QED) is 0.626. The summed E-state index contributed by atoms with van der Waals surface area (Å²) in [5.74, 6) is 0.802. The third-order valence-corrected chi connectivity index (χ3v) is 6.89. The molecule has 2 aromatic carbocycles. The largest absolute Gasteiger partial charge is 0.497 e. The fourth-order valence-corrected chi connectivity index (χ4v) is 4.51. The van der Waals surface area contributed by atoms with Crippen LogP contribution in [0.3, 0.4) is 0 Å². The number of carbonyl (C=O) groups excluding carboxylic acids is 1. The van der Waals surface area contributed by atoms with E-state index < -0.39 is 16.1 Å². The van der Waals surface area contributed by atoms with E-state index >= 15 is 0 Å². The molecule has 1 aliphatic heterocycles. The van der Waals surface area contributed by atoms with Crippen LogP contribution in [0.2, 0.25) is 0 Å². The van der Waals surface area contributed by atoms with Gasteiger partial charge in [0.15, 0.2) is 0 Å². The number of aromatic amines is 1. The molecule has 0 aliphatic carbocycles. The van der Waals surface area contributed by atoms with Gasteiger partial charge in [0.25, 0.3) is 5.91 Å². The number of rotatable bonds is 5. The number of benzene rings is 2. The number of nitrogens with zero attached hydrogens (tertiary/aromatic N) is 3. The molecule has 4 rings (SSSR count). The molecular formula is C20H21N5O5S. The topological polar surface area (TPSA) is 117 Å². The Kier molecular flexibility index (Phi) is 4.97. The van der Waals surface area contributed by atoms with Crippen LogP contribution >= 0.6 is 0 Å². The van der Waals surface area contributed by atoms with Crippen LogP contribution in [-0.2, 0) is 10.2 Å². The molecule has 0 radical (unpaired) electrons. The first-order valence-corrected chi connectivity index (χ1v) is 10.6. The van der Waals surface area contributed by atoms with E-state index in [4.69, 9.17) is 9.47 Å². The first-order valence-electron chi connectivity index (χ1n) is 9.22. The summed E-state index contributed by atoms with van der Waals surface area (Å²) in [6.45, 7) is 0. The number of hydrogen-bond acceptors (Lipinski definition) is 6. The van der Waals surface area contributed by atoms with Gasteiger partial charge in [-0.05, 0) is 42.5 Å². The SMILES string of the molecule is COc1ccc(OC)c(-c2cc(C(=O)Nc3ccc4c(c3)N(C)S(=O)(=O)N4C)[nH]n2)c1. The molecule has 0 bridgehead atoms. The Hall–Kier alpha value is -3.73. The number of hydrogen-bond donors (Lipinski definition) is 2. The average molecular weight is 443 g/mol. The van der Waals surface area contributed by atoms with Crippen molar-refractivity contribution in [3.63, 3.8) is 0 Å². The summed E-state index contributed by atoms with van der Waals surface area (Å²) < 4.78 is 37.5. The maximum Gasteiger partial charge on any atom is 0.326 e. The summed E-state index contributed by atoms with van der Waals surface area (Å²) >= 11 is 0. The molecule has 2 N–H and O–H groups in total. The number of aromatic nitrogens is 2. The predicted octanol–water partition coefficient (Wildman–Crippen LogP) is 2.48. The zero-order valence-electron chi connectivity index (χ0n) is 17.3. The van der Waals surface area contributed by atoms with E-state index in [0.717, 1.165) is 0 Å². The maximum atomic E-state index is 12.7. The van der Waals surface area contributed by atoms with Crippen molar-refractivity contribution in [3.8, 4) is 22.8 Å². The lowest BCUT2D eigenvalue weighted by Crippen LogP contribution is -2.32. The fourth-order valence-electron chi connectivity index (χ4n) is 3.34. The second-order valence-corrected chi connectivity index (χ2v) is 8.82. The van der Waals surface area contributed by atoms with Gasteiger partial charge in [-0.1, -0.05) is 0 Å². The molecule has 0 unspecified atom stereocenters. The minimum atomic E-state index is -3.58. The van der Waals surface area contributed by atoms with Gasteiger partial charge in [0, 0.05) is 25.3 Å². The Bertz CT molecular complexity index is 1270. The lowest BCUT2D eigenvalue weighted by Gasteiger charge is -2.13. The molecule has 1 aliphatic rings. The fraction of sp³-hybridized carbons (Fsp3) is 0.200. The van der Waals surface area contributed by atoms with Crippen LogP contribution < -0.4 is 23.4 Å². The van der Waals surface area contributed by atoms with Gasteiger partial charge < -0.3 is 14.8 Å². The predicted molar refractivity (Wildman–Crippen MR) is 117 cm³/mol. The Morgan fingerprint density at radius 1 is 1.00 bits per heavy atom. The number of methoxy groups -OCH3 is 2. The molecule has 1 aromatic heterocycles. The Labute approximate surface area is 179 Å². The summed E-state index contributed by atoms with van der Waals surface area (Å²) in [4.78, 5) is 12.7. The highest BCUT2D eigenvalue weighted by Gasteiger charge is 2.35. The Morgan fingerprint density at radius 3 is 2.45 bits per heavy atom. The minimum Gasteiger partial charge on any atom is -0.497 e. The number of carbonyl (C=O) groups is 1. The van der Waals surface area contributed by atoms with Gasteiger partial charge in [0.05, 0.1) is 31.3 Å². The highest BCUT2D eigenvalue weighted by atomic mass is 32.2. The van der Waals surface area contributed by atoms with Crippen molar-refractivity contribution in [1.82, 2.24) is 10.2 Å². The van der Waals surface area contributed by atoms with Gasteiger partial charge in [-0.3, -0.25) is 18.5 Å². The molecule has 0 saturated heterocycles. The zero-order chi connectivity index (χ0) is 22.3. The van der Waals surface area contributed by atoms with Crippen LogP contribution in [0.5, 0.6) is 11.5 Å². The number of anilines is 3. The molecular weight excluding hydrogens is 422 g/mol. The third-order valence-electron chi connectivity index (χ3n) is 5.11. The van der Waals surface area contributed by atoms with Crippen LogP contribution in [0.15, 0.2) is 42.5 Å². The molecule has 10 nitrogen and oxygen atoms in total. The normalized spacial score (nSPS) is 14.3. The smallest absolute Gasteiger partial charge is 0.326 e. The average Bonchev–Trinajstić information content (AvgIpc) is 3.33. The number of H-pyrrole nitrogens is 1. The van der Waals surface area contributed by atoms with Crippen LogP contribution in [0.25, 0.3) is 11.3 Å². The number of ether oxygens (including phenoxy) is 2. The van der Waals surface area contributed by atoms with E-state index in [2.05, 4.69) is 15.5 Å². The minimum absolute atomic E-state index is 0.235. The zero-order valence-corrected chi connectivity index (χ0v) is 18.1. The molecule has 11 heteroatoms. The summed E-state index contributed by atoms with van der Waals surface area (Å²) in [6, 6.07) is 11.8. The molecule has 0 saturated carbocycles. The van der Waals surface area contributed by atoms with E-state index in [-0.39, 0.29) is 5.69 Å². The van der Waals surface area contributed by atoms with Gasteiger partial charge in [-0.2, -0.15) is 13.5 Å². The van der Waals surface area contributed by atoms with Gasteiger partial charge >= 0.3 is 10.2 Å². The highest BCUT2D eigenvalue weighted by Crippen LogP contribution is 2.40. The molecule has 0 spiro atoms. The van der Waals surface area contributed by atoms with E-state index in [1.165, 1.54) is 22.7 Å². The standard InChI is InChI=1S/C20H21N5O5S/c1-24-17-7-5-12(9-18(17)25(2)31(24,27)28)21-20(26)16-11-15(22-23-16)14-10-13(29-3)6-8-19(14)30-4/h5-11H,1-4H3,(H,21,26)(H,22,23). The van der Waals surface area contributed by atoms with Crippen molar-refractivity contribution in [1.29, 1.82) is 0 Å². The second-order valence-electron chi connectivity index (χ2n) is 6.83. The van der Waals surface area contributed by atoms with Crippen molar-refractivity contribution < 1.29 is 22.7 Å². The molecule has 3 aromatic rings. The molecule has 162 valence electrons. The number of amides is 1. The first-order chi connectivity index (χ1) is 14.8. The van der Waals surface area contributed by atoms with Crippen molar-refractivity contribution in [2.24, 2.45) is 0 Å². The van der Waals surface area contributed by atoms with Crippen LogP contribution in [0, 0.1) is 0 Å². The lowest BCUT2D eigenvalue weighted by molar-refractivity contribution is 0.102. The first kappa shape index (κ1) is 20.5. The molecule has 31 heavy (non-hydrogen) atoms. The molecule has 0 fully saturated rings. The van der Waals surface area contributed by atoms with E-state index in [9.17, 15) is 13.2 Å². The molecule has 2 heterocycles. The highest BCUT2D eigenvalue weighted by molar-refractivity contribution is 7.94. The lowest BCUT2D eigenvalue weighted by atomic mass is 10.1. The summed E-state index contributed by atoms with van der Waals surface area (Å²) in [6.07, 6.45) is 0. The van der Waals surface area contributed by atoms with Crippen LogP contribution in [0.4, 0.5) is 17.1 Å². The van der Waals surface area contributed by atoms with E-state index in [0.29, 0.717) is 39.8 Å². The van der Waals surface area contributed by atoms with Crippen LogP contribution in [-0.4, -0.2) is 52.8 Å². The van der Waals surface area contributed by atoms with Crippen molar-refractivity contribution >= 4 is 33.2 Å². The summed E-state index contributed by atoms with van der Waals surface area (Å²) in [5, 5.41) is 9.70. The van der Waals surface area contributed by atoms with Gasteiger partial charge in [0.2, 0.25) is 0 Å². The van der Waals surface area contributed by atoms with Crippen LogP contribution in [0.1, 0.15) is 10.5 Å². The van der Waals surface area contributed by atoms with Gasteiger partial charge in [-0.15, -0.1) is 0 Å². The second kappa shape index (κ2) is 7.51. The molecule has 0 atom stereocenters. The summed E-state index contributed by atoms with van der Waals surface area (Å²) in [5.41, 5.74) is 2.89. The Balaban J connectivity index is 1.59. The third kappa shape index (κ3) is 3.42. The number of nitrogens with one attached hydrogen (secondary N) is 2. The van der Waals surface area contributed by atoms with E-state index in [1.54, 1.807) is 56.7 Å². The monoisotopic (exact) mass is 443 g/mol. The van der Waals surface area contributed by atoms with Gasteiger partial charge in [-0.25, -0.2) is 0 Å². The van der Waals surface area contributed by atoms with Gasteiger partial charge in [0.1, 0.15) is 17.2 Å². The maximum absolute atomic E-state index is 12.7. The number of fused-ring (bicyclic) bond motifs is 1. The molecule has 1 amide bonds. The van der Waals surface area contributed by atoms with Crippen molar-refractivity contribution in [2.45, 2.75) is 0 Å². The Morgan fingerprint density at radius 2 is 1.74 bits per heavy atom.